The molecule has 2 N–H and O–H groups in total. The fourth-order valence-electron chi connectivity index (χ4n) is 3.40. The number of nitrogens with one attached hydrogen (secondary N) is 2. The number of H-pyrrole nitrogens is 1. The molecule has 2 aliphatic heterocycles. The number of hydrogen-bond donors (Lipinski definition) is 2. The molecular weight excluding hydrogens is 304 g/mol. The molecule has 2 saturated heterocycles. The van der Waals surface area contributed by atoms with Gasteiger partial charge in [0.25, 0.3) is 0 Å². The quantitative estimate of drug-likeness (QED) is 0.823. The van der Waals surface area contributed by atoms with Gasteiger partial charge >= 0.3 is 0 Å². The lowest BCUT2D eigenvalue weighted by Crippen LogP contribution is -2.40. The first kappa shape index (κ1) is 15.5. The number of likely N-dealkylation sites (tertiary alicyclic amines) is 1. The maximum absolute atomic E-state index is 12.6. The predicted octanol–water partition coefficient (Wildman–Crippen LogP) is 0.129. The Hall–Kier alpha value is -1.41. The van der Waals surface area contributed by atoms with Crippen molar-refractivity contribution in [3.05, 3.63) is 11.9 Å². The van der Waals surface area contributed by atoms with E-state index in [0.29, 0.717) is 18.8 Å². The van der Waals surface area contributed by atoms with E-state index in [0.717, 1.165) is 32.4 Å². The van der Waals surface area contributed by atoms with Gasteiger partial charge in [-0.05, 0) is 32.4 Å². The van der Waals surface area contributed by atoms with Crippen LogP contribution in [0.4, 0.5) is 0 Å². The van der Waals surface area contributed by atoms with E-state index < -0.39 is 9.84 Å². The lowest BCUT2D eigenvalue weighted by molar-refractivity contribution is -0.135. The molecule has 122 valence electrons. The molecule has 2 fully saturated rings. The zero-order chi connectivity index (χ0) is 15.7. The summed E-state index contributed by atoms with van der Waals surface area (Å²) in [5.41, 5.74) is 0.642. The van der Waals surface area contributed by atoms with E-state index >= 15 is 0 Å². The van der Waals surface area contributed by atoms with Crippen LogP contribution in [-0.2, 0) is 14.6 Å². The molecule has 1 aromatic heterocycles. The number of amides is 1. The molecule has 1 atom stereocenters. The minimum atomic E-state index is -3.29. The smallest absolute Gasteiger partial charge is 0.225 e. The van der Waals surface area contributed by atoms with Gasteiger partial charge in [0.15, 0.2) is 9.84 Å². The fourth-order valence-corrected chi connectivity index (χ4v) is 4.25. The molecule has 3 heterocycles. The summed E-state index contributed by atoms with van der Waals surface area (Å²) < 4.78 is 23.6. The first-order valence-corrected chi connectivity index (χ1v) is 9.59. The third-order valence-electron chi connectivity index (χ3n) is 4.63. The van der Waals surface area contributed by atoms with E-state index in [-0.39, 0.29) is 22.6 Å². The molecule has 0 radical (unpaired) electrons. The largest absolute Gasteiger partial charge is 0.342 e. The topological polar surface area (TPSA) is 95.2 Å². The molecule has 3 rings (SSSR count). The molecule has 7 nitrogen and oxygen atoms in total. The summed E-state index contributed by atoms with van der Waals surface area (Å²) in [6.07, 6.45) is 5.11. The van der Waals surface area contributed by atoms with Crippen LogP contribution >= 0.6 is 0 Å². The number of nitrogens with zero attached hydrogens (tertiary/aromatic N) is 2. The molecule has 0 bridgehead atoms. The maximum Gasteiger partial charge on any atom is 0.225 e. The van der Waals surface area contributed by atoms with Gasteiger partial charge in [-0.1, -0.05) is 0 Å². The highest BCUT2D eigenvalue weighted by atomic mass is 32.2. The molecule has 0 aromatic carbocycles. The van der Waals surface area contributed by atoms with Gasteiger partial charge in [-0.25, -0.2) is 8.42 Å². The number of sulfone groups is 1. The highest BCUT2D eigenvalue weighted by Gasteiger charge is 2.34. The number of aromatic nitrogens is 2. The molecule has 2 aliphatic rings. The van der Waals surface area contributed by atoms with Crippen LogP contribution in [0.1, 0.15) is 30.9 Å². The third-order valence-corrected chi connectivity index (χ3v) is 5.75. The molecule has 1 unspecified atom stereocenters. The van der Waals surface area contributed by atoms with E-state index in [4.69, 9.17) is 0 Å². The van der Waals surface area contributed by atoms with Crippen LogP contribution in [0.5, 0.6) is 0 Å². The molecule has 22 heavy (non-hydrogen) atoms. The van der Waals surface area contributed by atoms with Gasteiger partial charge in [-0.15, -0.1) is 0 Å². The van der Waals surface area contributed by atoms with Crippen LogP contribution < -0.4 is 5.32 Å². The van der Waals surface area contributed by atoms with E-state index in [9.17, 15) is 13.2 Å². The van der Waals surface area contributed by atoms with E-state index in [1.165, 1.54) is 12.5 Å². The van der Waals surface area contributed by atoms with Crippen LogP contribution in [0.2, 0.25) is 0 Å². The van der Waals surface area contributed by atoms with Gasteiger partial charge in [0.1, 0.15) is 4.90 Å². The van der Waals surface area contributed by atoms with Gasteiger partial charge in [0.2, 0.25) is 5.91 Å². The Morgan fingerprint density at radius 1 is 1.32 bits per heavy atom. The fraction of sp³-hybridized carbons (Fsp3) is 0.714. The molecule has 8 heteroatoms. The van der Waals surface area contributed by atoms with Gasteiger partial charge in [-0.2, -0.15) is 5.10 Å². The molecule has 0 saturated carbocycles. The summed E-state index contributed by atoms with van der Waals surface area (Å²) in [6, 6.07) is 0. The molecule has 0 aliphatic carbocycles. The highest BCUT2D eigenvalue weighted by Crippen LogP contribution is 2.31. The lowest BCUT2D eigenvalue weighted by Gasteiger charge is -2.26. The van der Waals surface area contributed by atoms with Gasteiger partial charge < -0.3 is 10.2 Å². The molecular formula is C14H22N4O3S. The van der Waals surface area contributed by atoms with Crippen molar-refractivity contribution in [3.63, 3.8) is 0 Å². The number of rotatable bonds is 3. The van der Waals surface area contributed by atoms with Crippen molar-refractivity contribution < 1.29 is 13.2 Å². The highest BCUT2D eigenvalue weighted by molar-refractivity contribution is 7.90. The second kappa shape index (κ2) is 6.00. The number of carbonyl (C=O) groups is 1. The second-order valence-electron chi connectivity index (χ2n) is 6.21. The maximum atomic E-state index is 12.6. The van der Waals surface area contributed by atoms with Crippen molar-refractivity contribution >= 4 is 15.7 Å². The van der Waals surface area contributed by atoms with E-state index in [1.807, 2.05) is 4.90 Å². The first-order chi connectivity index (χ1) is 10.5. The van der Waals surface area contributed by atoms with Crippen molar-refractivity contribution in [1.82, 2.24) is 20.4 Å². The summed E-state index contributed by atoms with van der Waals surface area (Å²) >= 11 is 0. The van der Waals surface area contributed by atoms with Crippen molar-refractivity contribution in [2.75, 3.05) is 32.4 Å². The van der Waals surface area contributed by atoms with Crippen LogP contribution in [0.15, 0.2) is 11.1 Å². The Morgan fingerprint density at radius 2 is 2.05 bits per heavy atom. The number of piperidine rings is 1. The first-order valence-electron chi connectivity index (χ1n) is 7.69. The zero-order valence-electron chi connectivity index (χ0n) is 12.7. The number of hydrogen-bond acceptors (Lipinski definition) is 5. The minimum Gasteiger partial charge on any atom is -0.342 e. The summed E-state index contributed by atoms with van der Waals surface area (Å²) in [5.74, 6) is 0.346. The van der Waals surface area contributed by atoms with Gasteiger partial charge in [0, 0.05) is 31.2 Å². The Bertz CT molecular complexity index is 649. The van der Waals surface area contributed by atoms with Crippen LogP contribution in [0.3, 0.4) is 0 Å². The van der Waals surface area contributed by atoms with Crippen LogP contribution in [0, 0.1) is 5.92 Å². The summed E-state index contributed by atoms with van der Waals surface area (Å²) in [5, 5.41) is 9.96. The SMILES string of the molecule is CS(=O)(=O)c1cn[nH]c1C1CCN(C(=O)C2CCNCC2)C1. The Balaban J connectivity index is 1.70. The zero-order valence-corrected chi connectivity index (χ0v) is 13.5. The number of carbonyl (C=O) groups excluding carboxylic acids is 1. The monoisotopic (exact) mass is 326 g/mol. The summed E-state index contributed by atoms with van der Waals surface area (Å²) in [6.45, 7) is 3.06. The predicted molar refractivity (Wildman–Crippen MR) is 81.2 cm³/mol. The average molecular weight is 326 g/mol. The number of aromatic amines is 1. The van der Waals surface area contributed by atoms with Crippen molar-refractivity contribution in [3.8, 4) is 0 Å². The molecule has 0 spiro atoms. The Morgan fingerprint density at radius 3 is 2.73 bits per heavy atom. The van der Waals surface area contributed by atoms with Crippen LogP contribution in [0.25, 0.3) is 0 Å². The van der Waals surface area contributed by atoms with Crippen LogP contribution in [-0.4, -0.2) is 61.9 Å². The van der Waals surface area contributed by atoms with E-state index in [1.54, 1.807) is 0 Å². The van der Waals surface area contributed by atoms with E-state index in [2.05, 4.69) is 15.5 Å². The normalized spacial score (nSPS) is 23.9. The Kier molecular flexibility index (Phi) is 4.22. The Labute approximate surface area is 130 Å². The molecule has 1 aromatic rings. The average Bonchev–Trinajstić information content (AvgIpc) is 3.15. The van der Waals surface area contributed by atoms with Gasteiger partial charge in [0.05, 0.1) is 11.9 Å². The van der Waals surface area contributed by atoms with Gasteiger partial charge in [-0.3, -0.25) is 9.89 Å². The summed E-state index contributed by atoms with van der Waals surface area (Å²) in [4.78, 5) is 14.7. The standard InChI is InChI=1S/C14H22N4O3S/c1-22(20,21)12-8-16-17-13(12)11-4-7-18(9-11)14(19)10-2-5-15-6-3-10/h8,10-11,15H,2-7,9H2,1H3,(H,16,17). The van der Waals surface area contributed by atoms with Crippen molar-refractivity contribution in [2.24, 2.45) is 5.92 Å². The molecule has 1 amide bonds. The van der Waals surface area contributed by atoms with Crippen molar-refractivity contribution in [2.45, 2.75) is 30.1 Å². The van der Waals surface area contributed by atoms with Crippen molar-refractivity contribution in [1.29, 1.82) is 0 Å². The second-order valence-corrected chi connectivity index (χ2v) is 8.20. The lowest BCUT2D eigenvalue weighted by atomic mass is 9.96. The summed E-state index contributed by atoms with van der Waals surface area (Å²) in [7, 11) is -3.29. The minimum absolute atomic E-state index is 0.0258. The third kappa shape index (κ3) is 3.03.